The Morgan fingerprint density at radius 2 is 1.77 bits per heavy atom. The lowest BCUT2D eigenvalue weighted by Crippen LogP contribution is -2.28. The molecule has 0 aliphatic rings. The van der Waals surface area contributed by atoms with Crippen molar-refractivity contribution in [2.45, 2.75) is 20.4 Å². The molecule has 0 saturated heterocycles. The SMILES string of the molecule is CC(C)C(=O)Nc1ccc(CNC(=O)COc2ccc(F)cc2F)cc1. The van der Waals surface area contributed by atoms with Crippen LogP contribution in [0.4, 0.5) is 14.5 Å². The molecule has 0 aromatic heterocycles. The molecule has 0 radical (unpaired) electrons. The zero-order chi connectivity index (χ0) is 19.1. The Morgan fingerprint density at radius 1 is 1.08 bits per heavy atom. The molecule has 2 aromatic carbocycles. The van der Waals surface area contributed by atoms with E-state index in [1.165, 1.54) is 0 Å². The van der Waals surface area contributed by atoms with Crippen LogP contribution in [0, 0.1) is 17.6 Å². The molecule has 26 heavy (non-hydrogen) atoms. The van der Waals surface area contributed by atoms with Gasteiger partial charge in [-0.1, -0.05) is 26.0 Å². The van der Waals surface area contributed by atoms with E-state index in [2.05, 4.69) is 10.6 Å². The van der Waals surface area contributed by atoms with E-state index in [9.17, 15) is 18.4 Å². The first-order chi connectivity index (χ1) is 12.3. The maximum Gasteiger partial charge on any atom is 0.258 e. The number of nitrogens with one attached hydrogen (secondary N) is 2. The Bertz CT molecular complexity index is 777. The van der Waals surface area contributed by atoms with E-state index < -0.39 is 17.5 Å². The summed E-state index contributed by atoms with van der Waals surface area (Å²) in [4.78, 5) is 23.4. The van der Waals surface area contributed by atoms with Crippen molar-refractivity contribution in [3.8, 4) is 5.75 Å². The zero-order valence-corrected chi connectivity index (χ0v) is 14.5. The predicted molar refractivity (Wildman–Crippen MR) is 93.6 cm³/mol. The van der Waals surface area contributed by atoms with Crippen molar-refractivity contribution in [3.05, 3.63) is 59.7 Å². The molecule has 0 aliphatic carbocycles. The van der Waals surface area contributed by atoms with Gasteiger partial charge in [-0.2, -0.15) is 0 Å². The summed E-state index contributed by atoms with van der Waals surface area (Å²) in [6.45, 7) is 3.48. The van der Waals surface area contributed by atoms with Crippen LogP contribution in [0.5, 0.6) is 5.75 Å². The van der Waals surface area contributed by atoms with E-state index in [0.717, 1.165) is 17.7 Å². The molecule has 0 heterocycles. The number of amides is 2. The van der Waals surface area contributed by atoms with Crippen LogP contribution in [0.15, 0.2) is 42.5 Å². The van der Waals surface area contributed by atoms with E-state index in [-0.39, 0.29) is 30.7 Å². The molecule has 2 aromatic rings. The molecule has 0 atom stereocenters. The molecular weight excluding hydrogens is 342 g/mol. The molecule has 0 aliphatic heterocycles. The quantitative estimate of drug-likeness (QED) is 0.795. The van der Waals surface area contributed by atoms with Crippen LogP contribution in [-0.4, -0.2) is 18.4 Å². The fraction of sp³-hybridized carbons (Fsp3) is 0.263. The summed E-state index contributed by atoms with van der Waals surface area (Å²) < 4.78 is 31.2. The second kappa shape index (κ2) is 8.94. The van der Waals surface area contributed by atoms with E-state index in [1.807, 2.05) is 0 Å². The van der Waals surface area contributed by atoms with E-state index in [0.29, 0.717) is 11.8 Å². The highest BCUT2D eigenvalue weighted by Gasteiger charge is 2.09. The van der Waals surface area contributed by atoms with Gasteiger partial charge in [0.05, 0.1) is 0 Å². The highest BCUT2D eigenvalue weighted by molar-refractivity contribution is 5.92. The molecule has 7 heteroatoms. The summed E-state index contributed by atoms with van der Waals surface area (Å²) in [5.74, 6) is -2.39. The standard InChI is InChI=1S/C19H20F2N2O3/c1-12(2)19(25)23-15-6-3-13(4-7-15)10-22-18(24)11-26-17-8-5-14(20)9-16(17)21/h3-9,12H,10-11H2,1-2H3,(H,22,24)(H,23,25). The number of ether oxygens (including phenoxy) is 1. The predicted octanol–water partition coefficient (Wildman–Crippen LogP) is 3.25. The summed E-state index contributed by atoms with van der Waals surface area (Å²) >= 11 is 0. The molecule has 2 rings (SSSR count). The first kappa shape index (κ1) is 19.4. The van der Waals surface area contributed by atoms with E-state index in [4.69, 9.17) is 4.74 Å². The third-order valence-corrected chi connectivity index (χ3v) is 3.49. The number of hydrogen-bond donors (Lipinski definition) is 2. The third-order valence-electron chi connectivity index (χ3n) is 3.49. The molecule has 0 bridgehead atoms. The van der Waals surface area contributed by atoms with Gasteiger partial charge in [-0.25, -0.2) is 8.78 Å². The number of carbonyl (C=O) groups excluding carboxylic acids is 2. The van der Waals surface area contributed by atoms with E-state index in [1.54, 1.807) is 38.1 Å². The fourth-order valence-corrected chi connectivity index (χ4v) is 1.98. The van der Waals surface area contributed by atoms with Crippen molar-refractivity contribution in [3.63, 3.8) is 0 Å². The number of halogens is 2. The molecule has 0 saturated carbocycles. The minimum atomic E-state index is -0.864. The van der Waals surface area contributed by atoms with Gasteiger partial charge in [0, 0.05) is 24.2 Å². The Kier molecular flexibility index (Phi) is 6.66. The summed E-state index contributed by atoms with van der Waals surface area (Å²) in [6.07, 6.45) is 0. The van der Waals surface area contributed by atoms with Gasteiger partial charge in [0.25, 0.3) is 5.91 Å². The zero-order valence-electron chi connectivity index (χ0n) is 14.5. The minimum Gasteiger partial charge on any atom is -0.481 e. The topological polar surface area (TPSA) is 67.4 Å². The van der Waals surface area contributed by atoms with Crippen molar-refractivity contribution >= 4 is 17.5 Å². The molecular formula is C19H20F2N2O3. The van der Waals surface area contributed by atoms with Crippen molar-refractivity contribution in [1.82, 2.24) is 5.32 Å². The maximum atomic E-state index is 13.4. The van der Waals surface area contributed by atoms with Gasteiger partial charge in [0.2, 0.25) is 5.91 Å². The Morgan fingerprint density at radius 3 is 2.38 bits per heavy atom. The lowest BCUT2D eigenvalue weighted by molar-refractivity contribution is -0.123. The lowest BCUT2D eigenvalue weighted by Gasteiger charge is -2.10. The lowest BCUT2D eigenvalue weighted by atomic mass is 10.1. The summed E-state index contributed by atoms with van der Waals surface area (Å²) in [5.41, 5.74) is 1.50. The highest BCUT2D eigenvalue weighted by atomic mass is 19.1. The van der Waals surface area contributed by atoms with Gasteiger partial charge in [0.1, 0.15) is 5.82 Å². The van der Waals surface area contributed by atoms with Gasteiger partial charge in [-0.3, -0.25) is 9.59 Å². The fourth-order valence-electron chi connectivity index (χ4n) is 1.98. The first-order valence-corrected chi connectivity index (χ1v) is 8.09. The van der Waals surface area contributed by atoms with Crippen LogP contribution in [0.25, 0.3) is 0 Å². The second-order valence-electron chi connectivity index (χ2n) is 5.98. The van der Waals surface area contributed by atoms with Gasteiger partial charge in [-0.15, -0.1) is 0 Å². The Hall–Kier alpha value is -2.96. The van der Waals surface area contributed by atoms with Crippen LogP contribution in [0.1, 0.15) is 19.4 Å². The minimum absolute atomic E-state index is 0.0729. The number of anilines is 1. The van der Waals surface area contributed by atoms with Gasteiger partial charge >= 0.3 is 0 Å². The van der Waals surface area contributed by atoms with Gasteiger partial charge < -0.3 is 15.4 Å². The van der Waals surface area contributed by atoms with E-state index >= 15 is 0 Å². The normalized spacial score (nSPS) is 10.5. The molecule has 0 spiro atoms. The van der Waals surface area contributed by atoms with Crippen molar-refractivity contribution < 1.29 is 23.1 Å². The van der Waals surface area contributed by atoms with Crippen LogP contribution < -0.4 is 15.4 Å². The monoisotopic (exact) mass is 362 g/mol. The Balaban J connectivity index is 1.79. The Labute approximate surface area is 150 Å². The van der Waals surface area contributed by atoms with Crippen LogP contribution in [0.2, 0.25) is 0 Å². The molecule has 0 unspecified atom stereocenters. The van der Waals surface area contributed by atoms with Crippen molar-refractivity contribution in [1.29, 1.82) is 0 Å². The van der Waals surface area contributed by atoms with Gasteiger partial charge in [0.15, 0.2) is 18.2 Å². The van der Waals surface area contributed by atoms with Gasteiger partial charge in [-0.05, 0) is 29.8 Å². The average Bonchev–Trinajstić information content (AvgIpc) is 2.60. The molecule has 138 valence electrons. The number of rotatable bonds is 7. The number of benzene rings is 2. The van der Waals surface area contributed by atoms with Crippen molar-refractivity contribution in [2.75, 3.05) is 11.9 Å². The number of carbonyl (C=O) groups is 2. The van der Waals surface area contributed by atoms with Crippen LogP contribution >= 0.6 is 0 Å². The summed E-state index contributed by atoms with van der Waals surface area (Å²) in [6, 6.07) is 9.90. The third kappa shape index (κ3) is 5.84. The highest BCUT2D eigenvalue weighted by Crippen LogP contribution is 2.17. The average molecular weight is 362 g/mol. The first-order valence-electron chi connectivity index (χ1n) is 8.09. The molecule has 5 nitrogen and oxygen atoms in total. The maximum absolute atomic E-state index is 13.4. The number of hydrogen-bond acceptors (Lipinski definition) is 3. The molecule has 0 fully saturated rings. The summed E-state index contributed by atoms with van der Waals surface area (Å²) in [5, 5.41) is 5.40. The molecule has 2 N–H and O–H groups in total. The smallest absolute Gasteiger partial charge is 0.258 e. The molecule has 2 amide bonds. The summed E-state index contributed by atoms with van der Waals surface area (Å²) in [7, 11) is 0. The largest absolute Gasteiger partial charge is 0.481 e. The van der Waals surface area contributed by atoms with Crippen molar-refractivity contribution in [2.24, 2.45) is 5.92 Å². The second-order valence-corrected chi connectivity index (χ2v) is 5.98. The van der Waals surface area contributed by atoms with Crippen LogP contribution in [-0.2, 0) is 16.1 Å². The van der Waals surface area contributed by atoms with Crippen LogP contribution in [0.3, 0.4) is 0 Å².